The SMILES string of the molecule is C#C[C@@](C)(Oc1cc([C@@H](O)[C@@H](C(=O)OCc2ccccc2)N(C)C(=O)OC(C)(C)C)ccc1OCc1ccccc1)[C@H](NC(=O)[C@@H](NC(=O)OCc1ccccc1)C(C)C)C(=O)NCC(=O)OC(C)(C)C. The average molecular weight is 979 g/mol. The first-order valence-electron chi connectivity index (χ1n) is 23.0. The molecular formula is C54H66N4O13. The number of hydrogen-bond donors (Lipinski definition) is 4. The Morgan fingerprint density at radius 3 is 1.70 bits per heavy atom. The Kier molecular flexibility index (Phi) is 20.0. The quantitative estimate of drug-likeness (QED) is 0.0379. The van der Waals surface area contributed by atoms with Crippen LogP contribution in [-0.4, -0.2) is 94.5 Å². The zero-order chi connectivity index (χ0) is 52.5. The number of aliphatic hydroxyl groups is 1. The number of likely N-dealkylation sites (N-methyl/N-ethyl adjacent to an activating group) is 1. The Morgan fingerprint density at radius 2 is 1.20 bits per heavy atom. The molecule has 0 radical (unpaired) electrons. The summed E-state index contributed by atoms with van der Waals surface area (Å²) in [7, 11) is 1.28. The Morgan fingerprint density at radius 1 is 0.676 bits per heavy atom. The highest BCUT2D eigenvalue weighted by Crippen LogP contribution is 2.37. The average Bonchev–Trinajstić information content (AvgIpc) is 3.32. The van der Waals surface area contributed by atoms with Gasteiger partial charge in [-0.1, -0.05) is 117 Å². The van der Waals surface area contributed by atoms with Crippen molar-refractivity contribution in [2.24, 2.45) is 5.92 Å². The number of aliphatic hydroxyl groups excluding tert-OH is 1. The van der Waals surface area contributed by atoms with E-state index in [1.807, 2.05) is 36.4 Å². The van der Waals surface area contributed by atoms with Crippen LogP contribution in [0.25, 0.3) is 0 Å². The highest BCUT2D eigenvalue weighted by Gasteiger charge is 2.45. The summed E-state index contributed by atoms with van der Waals surface area (Å²) in [5.74, 6) is -1.86. The Balaban J connectivity index is 1.79. The summed E-state index contributed by atoms with van der Waals surface area (Å²) in [6.07, 6.45) is 2.56. The number of hydrogen-bond acceptors (Lipinski definition) is 13. The molecule has 0 bridgehead atoms. The molecule has 17 heteroatoms. The molecule has 17 nitrogen and oxygen atoms in total. The van der Waals surface area contributed by atoms with Crippen molar-refractivity contribution in [3.8, 4) is 23.8 Å². The standard InChI is InChI=1S/C54H66N4O13/c1-12-54(10,46(48(62)55-31-42(59)70-52(4,5)6)57-47(61)43(35(2)3)56-50(64)68-34-38-26-20-15-21-27-38)69-41-30-39(28-29-40(41)66-32-36-22-16-13-17-23-36)45(60)44(58(11)51(65)71-53(7,8)9)49(63)67-33-37-24-18-14-19-25-37/h1,13-30,35,43-46,60H,31-34H2,2-11H3,(H,55,62)(H,56,64)(H,57,61)/t43-,44-,45+,46+,54+/m0/s1. The molecule has 0 spiro atoms. The number of alkyl carbamates (subject to hydrolysis) is 1. The van der Waals surface area contributed by atoms with Crippen molar-refractivity contribution in [2.75, 3.05) is 13.6 Å². The van der Waals surface area contributed by atoms with Crippen molar-refractivity contribution in [1.29, 1.82) is 0 Å². The summed E-state index contributed by atoms with van der Waals surface area (Å²) in [6.45, 7) is 13.6. The van der Waals surface area contributed by atoms with E-state index in [0.29, 0.717) is 11.1 Å². The van der Waals surface area contributed by atoms with Crippen LogP contribution in [0.4, 0.5) is 9.59 Å². The summed E-state index contributed by atoms with van der Waals surface area (Å²) in [4.78, 5) is 83.0. The molecule has 4 amide bonds. The van der Waals surface area contributed by atoms with E-state index in [4.69, 9.17) is 34.8 Å². The number of rotatable bonds is 21. The fourth-order valence-electron chi connectivity index (χ4n) is 6.74. The van der Waals surface area contributed by atoms with Crippen LogP contribution < -0.4 is 25.4 Å². The molecular weight excluding hydrogens is 913 g/mol. The molecule has 0 aromatic heterocycles. The van der Waals surface area contributed by atoms with Crippen molar-refractivity contribution in [2.45, 2.75) is 123 Å². The lowest BCUT2D eigenvalue weighted by Crippen LogP contribution is -2.64. The minimum Gasteiger partial charge on any atom is -0.485 e. The summed E-state index contributed by atoms with van der Waals surface area (Å²) in [5.41, 5.74) is -1.95. The van der Waals surface area contributed by atoms with Gasteiger partial charge in [-0.25, -0.2) is 14.4 Å². The van der Waals surface area contributed by atoms with E-state index in [1.54, 1.807) is 110 Å². The molecule has 0 fully saturated rings. The van der Waals surface area contributed by atoms with Crippen molar-refractivity contribution in [3.63, 3.8) is 0 Å². The maximum absolute atomic E-state index is 14.4. The lowest BCUT2D eigenvalue weighted by molar-refractivity contribution is -0.155. The van der Waals surface area contributed by atoms with Crippen molar-refractivity contribution in [3.05, 3.63) is 131 Å². The third-order valence-electron chi connectivity index (χ3n) is 10.4. The molecule has 4 N–H and O–H groups in total. The van der Waals surface area contributed by atoms with Crippen LogP contribution in [-0.2, 0) is 57.9 Å². The van der Waals surface area contributed by atoms with Crippen molar-refractivity contribution < 1.29 is 62.3 Å². The third kappa shape index (κ3) is 17.7. The van der Waals surface area contributed by atoms with E-state index in [0.717, 1.165) is 10.5 Å². The third-order valence-corrected chi connectivity index (χ3v) is 10.4. The predicted octanol–water partition coefficient (Wildman–Crippen LogP) is 6.94. The van der Waals surface area contributed by atoms with Crippen LogP contribution in [0.3, 0.4) is 0 Å². The number of nitrogens with one attached hydrogen (secondary N) is 3. The van der Waals surface area contributed by atoms with Gasteiger partial charge in [-0.3, -0.25) is 19.3 Å². The zero-order valence-electron chi connectivity index (χ0n) is 42.0. The highest BCUT2D eigenvalue weighted by molar-refractivity contribution is 5.94. The van der Waals surface area contributed by atoms with Crippen LogP contribution in [0.15, 0.2) is 109 Å². The smallest absolute Gasteiger partial charge is 0.410 e. The molecule has 0 aliphatic rings. The van der Waals surface area contributed by atoms with Gasteiger partial charge < -0.3 is 49.5 Å². The topological polar surface area (TPSA) is 217 Å². The predicted molar refractivity (Wildman–Crippen MR) is 263 cm³/mol. The second kappa shape index (κ2) is 25.3. The van der Waals surface area contributed by atoms with E-state index < -0.39 is 89.4 Å². The Hall–Kier alpha value is -7.58. The minimum atomic E-state index is -2.17. The molecule has 380 valence electrons. The fraction of sp³-hybridized carbons (Fsp3) is 0.407. The maximum Gasteiger partial charge on any atom is 0.410 e. The second-order valence-corrected chi connectivity index (χ2v) is 19.1. The first kappa shape index (κ1) is 56.0. The van der Waals surface area contributed by atoms with Crippen molar-refractivity contribution >= 4 is 35.9 Å². The number of terminal acetylenes is 1. The summed E-state index contributed by atoms with van der Waals surface area (Å²) in [5, 5.41) is 19.8. The molecule has 0 saturated heterocycles. The van der Waals surface area contributed by atoms with Gasteiger partial charge in [-0.05, 0) is 88.8 Å². The van der Waals surface area contributed by atoms with Gasteiger partial charge in [0.15, 0.2) is 29.2 Å². The summed E-state index contributed by atoms with van der Waals surface area (Å²) in [6, 6.07) is 26.2. The number of esters is 2. The van der Waals surface area contributed by atoms with Gasteiger partial charge >= 0.3 is 24.1 Å². The number of nitrogens with zero attached hydrogens (tertiary/aromatic N) is 1. The van der Waals surface area contributed by atoms with Crippen LogP contribution in [0.5, 0.6) is 11.5 Å². The van der Waals surface area contributed by atoms with E-state index in [2.05, 4.69) is 21.9 Å². The number of benzene rings is 4. The monoisotopic (exact) mass is 978 g/mol. The molecule has 71 heavy (non-hydrogen) atoms. The number of amides is 4. The van der Waals surface area contributed by atoms with Gasteiger partial charge in [0.05, 0.1) is 0 Å². The van der Waals surface area contributed by atoms with Crippen LogP contribution >= 0.6 is 0 Å². The molecule has 0 saturated carbocycles. The molecule has 4 aromatic rings. The molecule has 5 atom stereocenters. The zero-order valence-corrected chi connectivity index (χ0v) is 42.0. The molecule has 0 aliphatic carbocycles. The van der Waals surface area contributed by atoms with Gasteiger partial charge in [0.1, 0.15) is 49.7 Å². The van der Waals surface area contributed by atoms with Gasteiger partial charge in [-0.2, -0.15) is 0 Å². The first-order chi connectivity index (χ1) is 33.4. The van der Waals surface area contributed by atoms with Gasteiger partial charge in [0.25, 0.3) is 0 Å². The normalized spacial score (nSPS) is 13.8. The van der Waals surface area contributed by atoms with Gasteiger partial charge in [-0.15, -0.1) is 6.42 Å². The molecule has 0 heterocycles. The minimum absolute atomic E-state index is 0.000333. The van der Waals surface area contributed by atoms with Gasteiger partial charge in [0, 0.05) is 7.05 Å². The molecule has 4 rings (SSSR count). The lowest BCUT2D eigenvalue weighted by Gasteiger charge is -2.35. The lowest BCUT2D eigenvalue weighted by atomic mass is 9.94. The number of ether oxygens (including phenoxy) is 6. The van der Waals surface area contributed by atoms with E-state index in [-0.39, 0.29) is 36.9 Å². The van der Waals surface area contributed by atoms with Crippen LogP contribution in [0.2, 0.25) is 0 Å². The van der Waals surface area contributed by atoms with Gasteiger partial charge in [0.2, 0.25) is 11.8 Å². The second-order valence-electron chi connectivity index (χ2n) is 19.1. The van der Waals surface area contributed by atoms with Crippen molar-refractivity contribution in [1.82, 2.24) is 20.9 Å². The highest BCUT2D eigenvalue weighted by atomic mass is 16.6. The Bertz CT molecular complexity index is 2470. The summed E-state index contributed by atoms with van der Waals surface area (Å²) >= 11 is 0. The van der Waals surface area contributed by atoms with Crippen LogP contribution in [0.1, 0.15) is 90.7 Å². The maximum atomic E-state index is 14.4. The van der Waals surface area contributed by atoms with E-state index in [1.165, 1.54) is 32.2 Å². The van der Waals surface area contributed by atoms with Crippen LogP contribution in [0, 0.1) is 18.3 Å². The van der Waals surface area contributed by atoms with E-state index in [9.17, 15) is 33.9 Å². The largest absolute Gasteiger partial charge is 0.485 e. The first-order valence-corrected chi connectivity index (χ1v) is 23.0. The molecule has 4 aromatic carbocycles. The fourth-order valence-corrected chi connectivity index (χ4v) is 6.74. The summed E-state index contributed by atoms with van der Waals surface area (Å²) < 4.78 is 34.8. The molecule has 0 aliphatic heterocycles. The number of carbonyl (C=O) groups is 6. The van der Waals surface area contributed by atoms with E-state index >= 15 is 0 Å². The number of carbonyl (C=O) groups excluding carboxylic acids is 6. The Labute approximate surface area is 415 Å². The molecule has 0 unspecified atom stereocenters.